The van der Waals surface area contributed by atoms with Crippen LogP contribution < -0.4 is 20.1 Å². The Labute approximate surface area is 158 Å². The second-order valence-electron chi connectivity index (χ2n) is 6.22. The van der Waals surface area contributed by atoms with Gasteiger partial charge >= 0.3 is 0 Å². The molecule has 0 radical (unpaired) electrons. The zero-order chi connectivity index (χ0) is 20.4. The summed E-state index contributed by atoms with van der Waals surface area (Å²) in [5, 5.41) is 4.85. The molecule has 0 spiro atoms. The molecule has 28 heavy (non-hydrogen) atoms. The maximum Gasteiger partial charge on any atom is 0.228 e. The molecule has 0 heterocycles. The number of anilines is 2. The summed E-state index contributed by atoms with van der Waals surface area (Å²) in [6.07, 6.45) is 0.251. The second-order valence-corrected chi connectivity index (χ2v) is 6.22. The van der Waals surface area contributed by atoms with Gasteiger partial charge in [-0.15, -0.1) is 0 Å². The van der Waals surface area contributed by atoms with Crippen molar-refractivity contribution in [2.75, 3.05) is 24.9 Å². The van der Waals surface area contributed by atoms with Crippen molar-refractivity contribution in [1.82, 2.24) is 0 Å². The van der Waals surface area contributed by atoms with E-state index in [9.17, 15) is 22.8 Å². The Balaban J connectivity index is 1.63. The van der Waals surface area contributed by atoms with E-state index in [2.05, 4.69) is 10.6 Å². The lowest BCUT2D eigenvalue weighted by Crippen LogP contribution is -2.21. The van der Waals surface area contributed by atoms with E-state index in [1.54, 1.807) is 18.2 Å². The number of halogens is 3. The lowest BCUT2D eigenvalue weighted by atomic mass is 10.2. The molecule has 0 aromatic heterocycles. The summed E-state index contributed by atoms with van der Waals surface area (Å²) in [6, 6.07) is 6.47. The molecule has 148 valence electrons. The normalized spacial score (nSPS) is 17.6. The number of nitrogens with one attached hydrogen (secondary N) is 2. The van der Waals surface area contributed by atoms with Gasteiger partial charge in [-0.25, -0.2) is 13.2 Å². The fourth-order valence-corrected chi connectivity index (χ4v) is 2.75. The molecular formula is C19H17F3N2O4. The minimum atomic E-state index is -1.67. The van der Waals surface area contributed by atoms with E-state index in [4.69, 9.17) is 9.47 Å². The molecule has 1 aliphatic rings. The average molecular weight is 394 g/mol. The molecule has 2 aromatic rings. The molecule has 6 nitrogen and oxygen atoms in total. The highest BCUT2D eigenvalue weighted by Gasteiger charge is 2.48. The summed E-state index contributed by atoms with van der Waals surface area (Å²) in [6.45, 7) is 0. The van der Waals surface area contributed by atoms with Gasteiger partial charge in [0.25, 0.3) is 0 Å². The Kier molecular flexibility index (Phi) is 5.43. The van der Waals surface area contributed by atoms with Gasteiger partial charge in [0.1, 0.15) is 11.5 Å². The average Bonchev–Trinajstić information content (AvgIpc) is 3.50. The number of hydrogen-bond acceptors (Lipinski definition) is 4. The Morgan fingerprint density at radius 1 is 0.893 bits per heavy atom. The van der Waals surface area contributed by atoms with Crippen LogP contribution in [0.3, 0.4) is 0 Å². The SMILES string of the molecule is COc1ccc(NC(=O)C2CC2C(=O)Nc2ccc(F)c(F)c2F)c(OC)c1. The third kappa shape index (κ3) is 3.88. The fourth-order valence-electron chi connectivity index (χ4n) is 2.75. The van der Waals surface area contributed by atoms with Gasteiger partial charge < -0.3 is 20.1 Å². The monoisotopic (exact) mass is 394 g/mol. The van der Waals surface area contributed by atoms with E-state index in [0.717, 1.165) is 6.07 Å². The van der Waals surface area contributed by atoms with Crippen LogP contribution in [0.1, 0.15) is 6.42 Å². The predicted molar refractivity (Wildman–Crippen MR) is 94.7 cm³/mol. The number of rotatable bonds is 6. The molecular weight excluding hydrogens is 377 g/mol. The Morgan fingerprint density at radius 3 is 2.11 bits per heavy atom. The van der Waals surface area contributed by atoms with Crippen molar-refractivity contribution in [3.05, 3.63) is 47.8 Å². The molecule has 3 rings (SSSR count). The van der Waals surface area contributed by atoms with Crippen LogP contribution in [0.25, 0.3) is 0 Å². The standard InChI is InChI=1S/C19H17F3N2O4/c1-27-9-3-5-13(15(7-9)28-2)23-18(25)10-8-11(10)19(26)24-14-6-4-12(20)16(21)17(14)22/h3-7,10-11H,8H2,1-2H3,(H,23,25)(H,24,26). The summed E-state index contributed by atoms with van der Waals surface area (Å²) >= 11 is 0. The molecule has 2 unspecified atom stereocenters. The van der Waals surface area contributed by atoms with Crippen LogP contribution >= 0.6 is 0 Å². The second kappa shape index (κ2) is 7.79. The first kappa shape index (κ1) is 19.5. The summed E-state index contributed by atoms with van der Waals surface area (Å²) in [5.74, 6) is -5.96. The third-order valence-corrected chi connectivity index (χ3v) is 4.42. The van der Waals surface area contributed by atoms with Crippen LogP contribution in [-0.2, 0) is 9.59 Å². The largest absolute Gasteiger partial charge is 0.497 e. The summed E-state index contributed by atoms with van der Waals surface area (Å²) in [4.78, 5) is 24.6. The molecule has 2 aromatic carbocycles. The number of methoxy groups -OCH3 is 2. The third-order valence-electron chi connectivity index (χ3n) is 4.42. The smallest absolute Gasteiger partial charge is 0.228 e. The van der Waals surface area contributed by atoms with Crippen LogP contribution in [0.4, 0.5) is 24.5 Å². The Hall–Kier alpha value is -3.23. The van der Waals surface area contributed by atoms with Crippen LogP contribution in [0, 0.1) is 29.3 Å². The quantitative estimate of drug-likeness (QED) is 0.737. The van der Waals surface area contributed by atoms with Crippen molar-refractivity contribution in [1.29, 1.82) is 0 Å². The van der Waals surface area contributed by atoms with Crippen LogP contribution in [0.5, 0.6) is 11.5 Å². The molecule has 1 fully saturated rings. The van der Waals surface area contributed by atoms with Crippen molar-refractivity contribution in [3.8, 4) is 11.5 Å². The molecule has 1 aliphatic carbocycles. The van der Waals surface area contributed by atoms with Crippen molar-refractivity contribution in [2.24, 2.45) is 11.8 Å². The van der Waals surface area contributed by atoms with Crippen molar-refractivity contribution >= 4 is 23.2 Å². The molecule has 9 heteroatoms. The minimum Gasteiger partial charge on any atom is -0.497 e. The summed E-state index contributed by atoms with van der Waals surface area (Å²) in [7, 11) is 2.93. The molecule has 2 N–H and O–H groups in total. The zero-order valence-electron chi connectivity index (χ0n) is 15.0. The summed E-state index contributed by atoms with van der Waals surface area (Å²) in [5.41, 5.74) is -0.0715. The number of ether oxygens (including phenoxy) is 2. The van der Waals surface area contributed by atoms with E-state index in [1.807, 2.05) is 0 Å². The maximum absolute atomic E-state index is 13.7. The highest BCUT2D eigenvalue weighted by atomic mass is 19.2. The Bertz CT molecular complexity index is 936. The van der Waals surface area contributed by atoms with E-state index < -0.39 is 46.8 Å². The van der Waals surface area contributed by atoms with Crippen molar-refractivity contribution < 1.29 is 32.2 Å². The minimum absolute atomic E-state index is 0.251. The van der Waals surface area contributed by atoms with Gasteiger partial charge in [0, 0.05) is 6.07 Å². The van der Waals surface area contributed by atoms with Crippen LogP contribution in [0.2, 0.25) is 0 Å². The van der Waals surface area contributed by atoms with E-state index >= 15 is 0 Å². The molecule has 0 bridgehead atoms. The maximum atomic E-state index is 13.7. The van der Waals surface area contributed by atoms with Gasteiger partial charge in [0.05, 0.1) is 37.4 Å². The first-order valence-corrected chi connectivity index (χ1v) is 8.33. The van der Waals surface area contributed by atoms with Gasteiger partial charge in [-0.2, -0.15) is 0 Å². The number of hydrogen-bond donors (Lipinski definition) is 2. The number of benzene rings is 2. The lowest BCUT2D eigenvalue weighted by molar-refractivity contribution is -0.122. The predicted octanol–water partition coefficient (Wildman–Crippen LogP) is 3.33. The fraction of sp³-hybridized carbons (Fsp3) is 0.263. The van der Waals surface area contributed by atoms with Crippen molar-refractivity contribution in [2.45, 2.75) is 6.42 Å². The first-order valence-electron chi connectivity index (χ1n) is 8.33. The van der Waals surface area contributed by atoms with Gasteiger partial charge in [-0.1, -0.05) is 0 Å². The zero-order valence-corrected chi connectivity index (χ0v) is 15.0. The molecule has 0 aliphatic heterocycles. The highest BCUT2D eigenvalue weighted by Crippen LogP contribution is 2.41. The first-order chi connectivity index (χ1) is 13.3. The number of carbonyl (C=O) groups excluding carboxylic acids is 2. The molecule has 1 saturated carbocycles. The van der Waals surface area contributed by atoms with Gasteiger partial charge in [-0.3, -0.25) is 9.59 Å². The summed E-state index contributed by atoms with van der Waals surface area (Å²) < 4.78 is 50.1. The van der Waals surface area contributed by atoms with Gasteiger partial charge in [0.15, 0.2) is 17.5 Å². The highest BCUT2D eigenvalue weighted by molar-refractivity contribution is 6.03. The van der Waals surface area contributed by atoms with Crippen LogP contribution in [-0.4, -0.2) is 26.0 Å². The molecule has 2 amide bonds. The van der Waals surface area contributed by atoms with Crippen molar-refractivity contribution in [3.63, 3.8) is 0 Å². The van der Waals surface area contributed by atoms with E-state index in [0.29, 0.717) is 23.3 Å². The lowest BCUT2D eigenvalue weighted by Gasteiger charge is -2.11. The molecule has 0 saturated heterocycles. The van der Waals surface area contributed by atoms with Gasteiger partial charge in [-0.05, 0) is 30.7 Å². The number of amides is 2. The number of carbonyl (C=O) groups is 2. The van der Waals surface area contributed by atoms with Gasteiger partial charge in [0.2, 0.25) is 11.8 Å². The van der Waals surface area contributed by atoms with E-state index in [-0.39, 0.29) is 6.42 Å². The van der Waals surface area contributed by atoms with Crippen LogP contribution in [0.15, 0.2) is 30.3 Å². The Morgan fingerprint density at radius 2 is 1.50 bits per heavy atom. The molecule has 2 atom stereocenters. The van der Waals surface area contributed by atoms with E-state index in [1.165, 1.54) is 14.2 Å². The topological polar surface area (TPSA) is 76.7 Å².